The van der Waals surface area contributed by atoms with E-state index in [0.29, 0.717) is 6.04 Å². The fourth-order valence-corrected chi connectivity index (χ4v) is 1.91. The summed E-state index contributed by atoms with van der Waals surface area (Å²) in [6.07, 6.45) is 3.20. The van der Waals surface area contributed by atoms with Crippen LogP contribution in [0, 0.1) is 0 Å². The highest BCUT2D eigenvalue weighted by Crippen LogP contribution is 2.21. The maximum Gasteiger partial charge on any atom is 0.0472 e. The van der Waals surface area contributed by atoms with Crippen LogP contribution >= 0.6 is 11.6 Å². The Morgan fingerprint density at radius 2 is 2.25 bits per heavy atom. The zero-order valence-electron chi connectivity index (χ0n) is 9.68. The van der Waals surface area contributed by atoms with E-state index in [0.717, 1.165) is 23.5 Å². The first-order valence-corrected chi connectivity index (χ1v) is 6.07. The van der Waals surface area contributed by atoms with E-state index in [1.807, 2.05) is 12.1 Å². The number of fused-ring (bicyclic) bond motifs is 1. The summed E-state index contributed by atoms with van der Waals surface area (Å²) in [5.74, 6) is 0. The SMILES string of the molecule is CCC(C)NCc1c[nH]c2cc(Cl)ccc12. The molecule has 2 aromatic rings. The number of halogens is 1. The summed E-state index contributed by atoms with van der Waals surface area (Å²) < 4.78 is 0. The van der Waals surface area contributed by atoms with Crippen molar-refractivity contribution in [3.8, 4) is 0 Å². The highest BCUT2D eigenvalue weighted by atomic mass is 35.5. The summed E-state index contributed by atoms with van der Waals surface area (Å²) in [7, 11) is 0. The molecule has 0 spiro atoms. The molecule has 0 aliphatic carbocycles. The van der Waals surface area contributed by atoms with Crippen LogP contribution in [0.4, 0.5) is 0 Å². The van der Waals surface area contributed by atoms with Crippen LogP contribution in [-0.4, -0.2) is 11.0 Å². The summed E-state index contributed by atoms with van der Waals surface area (Å²) in [6, 6.07) is 6.52. The van der Waals surface area contributed by atoms with Gasteiger partial charge in [-0.2, -0.15) is 0 Å². The Morgan fingerprint density at radius 3 is 3.00 bits per heavy atom. The van der Waals surface area contributed by atoms with Crippen molar-refractivity contribution in [2.75, 3.05) is 0 Å². The first-order chi connectivity index (χ1) is 7.70. The molecule has 1 aromatic carbocycles. The molecule has 0 saturated carbocycles. The maximum absolute atomic E-state index is 5.94. The molecule has 1 aromatic heterocycles. The van der Waals surface area contributed by atoms with Gasteiger partial charge in [0.2, 0.25) is 0 Å². The van der Waals surface area contributed by atoms with Gasteiger partial charge in [0.1, 0.15) is 0 Å². The number of H-pyrrole nitrogens is 1. The van der Waals surface area contributed by atoms with Gasteiger partial charge in [0.05, 0.1) is 0 Å². The molecule has 0 fully saturated rings. The minimum atomic E-state index is 0.553. The summed E-state index contributed by atoms with van der Waals surface area (Å²) in [5.41, 5.74) is 2.40. The molecular formula is C13H17ClN2. The number of aromatic amines is 1. The minimum Gasteiger partial charge on any atom is -0.361 e. The Hall–Kier alpha value is -0.990. The third kappa shape index (κ3) is 2.39. The van der Waals surface area contributed by atoms with Crippen molar-refractivity contribution in [1.29, 1.82) is 0 Å². The lowest BCUT2D eigenvalue weighted by atomic mass is 10.1. The fraction of sp³-hybridized carbons (Fsp3) is 0.385. The monoisotopic (exact) mass is 236 g/mol. The Morgan fingerprint density at radius 1 is 1.44 bits per heavy atom. The Bertz CT molecular complexity index is 476. The highest BCUT2D eigenvalue weighted by molar-refractivity contribution is 6.31. The molecule has 0 aliphatic heterocycles. The van der Waals surface area contributed by atoms with Gasteiger partial charge in [-0.3, -0.25) is 0 Å². The zero-order chi connectivity index (χ0) is 11.5. The molecule has 16 heavy (non-hydrogen) atoms. The maximum atomic E-state index is 5.94. The normalized spacial score (nSPS) is 13.2. The van der Waals surface area contributed by atoms with Crippen LogP contribution in [0.25, 0.3) is 10.9 Å². The van der Waals surface area contributed by atoms with Crippen LogP contribution < -0.4 is 5.32 Å². The molecular weight excluding hydrogens is 220 g/mol. The van der Waals surface area contributed by atoms with Crippen LogP contribution in [0.5, 0.6) is 0 Å². The number of hydrogen-bond acceptors (Lipinski definition) is 1. The minimum absolute atomic E-state index is 0.553. The number of hydrogen-bond donors (Lipinski definition) is 2. The standard InChI is InChI=1S/C13H17ClN2/c1-3-9(2)15-7-10-8-16-13-6-11(14)4-5-12(10)13/h4-6,8-9,15-16H,3,7H2,1-2H3. The Kier molecular flexibility index (Phi) is 3.52. The Balaban J connectivity index is 2.19. The zero-order valence-corrected chi connectivity index (χ0v) is 10.4. The second kappa shape index (κ2) is 4.89. The molecule has 0 bridgehead atoms. The molecule has 86 valence electrons. The van der Waals surface area contributed by atoms with Gasteiger partial charge in [0, 0.05) is 34.7 Å². The van der Waals surface area contributed by atoms with Crippen molar-refractivity contribution in [3.05, 3.63) is 35.0 Å². The van der Waals surface area contributed by atoms with Crippen molar-refractivity contribution in [1.82, 2.24) is 10.3 Å². The van der Waals surface area contributed by atoms with Crippen molar-refractivity contribution in [2.24, 2.45) is 0 Å². The summed E-state index contributed by atoms with van der Waals surface area (Å²) >= 11 is 5.94. The van der Waals surface area contributed by atoms with Crippen LogP contribution in [-0.2, 0) is 6.54 Å². The van der Waals surface area contributed by atoms with Crippen LogP contribution in [0.1, 0.15) is 25.8 Å². The molecule has 0 aliphatic rings. The summed E-state index contributed by atoms with van der Waals surface area (Å²) in [5, 5.41) is 5.51. The van der Waals surface area contributed by atoms with Gasteiger partial charge >= 0.3 is 0 Å². The lowest BCUT2D eigenvalue weighted by molar-refractivity contribution is 0.535. The fourth-order valence-electron chi connectivity index (χ4n) is 1.73. The van der Waals surface area contributed by atoms with Crippen molar-refractivity contribution in [2.45, 2.75) is 32.9 Å². The van der Waals surface area contributed by atoms with Gasteiger partial charge in [0.25, 0.3) is 0 Å². The topological polar surface area (TPSA) is 27.8 Å². The number of benzene rings is 1. The van der Waals surface area contributed by atoms with E-state index in [-0.39, 0.29) is 0 Å². The molecule has 0 radical (unpaired) electrons. The summed E-state index contributed by atoms with van der Waals surface area (Å²) in [4.78, 5) is 3.25. The number of nitrogens with one attached hydrogen (secondary N) is 2. The second-order valence-electron chi connectivity index (χ2n) is 4.19. The van der Waals surface area contributed by atoms with Gasteiger partial charge in [-0.1, -0.05) is 24.6 Å². The molecule has 1 atom stereocenters. The third-order valence-electron chi connectivity index (χ3n) is 2.98. The average Bonchev–Trinajstić information content (AvgIpc) is 2.68. The lowest BCUT2D eigenvalue weighted by Crippen LogP contribution is -2.24. The van der Waals surface area contributed by atoms with E-state index in [4.69, 9.17) is 11.6 Å². The first-order valence-electron chi connectivity index (χ1n) is 5.69. The smallest absolute Gasteiger partial charge is 0.0472 e. The highest BCUT2D eigenvalue weighted by Gasteiger charge is 2.05. The summed E-state index contributed by atoms with van der Waals surface area (Å²) in [6.45, 7) is 5.29. The van der Waals surface area contributed by atoms with Crippen LogP contribution in [0.15, 0.2) is 24.4 Å². The van der Waals surface area contributed by atoms with Gasteiger partial charge in [-0.05, 0) is 31.0 Å². The molecule has 3 heteroatoms. The van der Waals surface area contributed by atoms with Crippen LogP contribution in [0.2, 0.25) is 5.02 Å². The molecule has 2 N–H and O–H groups in total. The van der Waals surface area contributed by atoms with Crippen molar-refractivity contribution in [3.63, 3.8) is 0 Å². The first kappa shape index (κ1) is 11.5. The predicted octanol–water partition coefficient (Wildman–Crippen LogP) is 3.71. The van der Waals surface area contributed by atoms with E-state index in [1.54, 1.807) is 0 Å². The second-order valence-corrected chi connectivity index (χ2v) is 4.63. The largest absolute Gasteiger partial charge is 0.361 e. The van der Waals surface area contributed by atoms with Crippen LogP contribution in [0.3, 0.4) is 0 Å². The molecule has 1 heterocycles. The molecule has 0 saturated heterocycles. The Labute approximate surface area is 101 Å². The van der Waals surface area contributed by atoms with Crippen molar-refractivity contribution < 1.29 is 0 Å². The quantitative estimate of drug-likeness (QED) is 0.832. The third-order valence-corrected chi connectivity index (χ3v) is 3.22. The van der Waals surface area contributed by atoms with Gasteiger partial charge in [-0.25, -0.2) is 0 Å². The van der Waals surface area contributed by atoms with E-state index in [1.165, 1.54) is 10.9 Å². The van der Waals surface area contributed by atoms with E-state index in [2.05, 4.69) is 36.4 Å². The number of aromatic nitrogens is 1. The van der Waals surface area contributed by atoms with E-state index < -0.39 is 0 Å². The molecule has 2 rings (SSSR count). The lowest BCUT2D eigenvalue weighted by Gasteiger charge is -2.10. The molecule has 0 amide bonds. The van der Waals surface area contributed by atoms with E-state index >= 15 is 0 Å². The number of rotatable bonds is 4. The van der Waals surface area contributed by atoms with Crippen molar-refractivity contribution >= 4 is 22.5 Å². The van der Waals surface area contributed by atoms with E-state index in [9.17, 15) is 0 Å². The average molecular weight is 237 g/mol. The van der Waals surface area contributed by atoms with Gasteiger partial charge in [-0.15, -0.1) is 0 Å². The van der Waals surface area contributed by atoms with Gasteiger partial charge in [0.15, 0.2) is 0 Å². The van der Waals surface area contributed by atoms with Gasteiger partial charge < -0.3 is 10.3 Å². The predicted molar refractivity (Wildman–Crippen MR) is 69.9 cm³/mol. The molecule has 1 unspecified atom stereocenters. The molecule has 2 nitrogen and oxygen atoms in total.